The summed E-state index contributed by atoms with van der Waals surface area (Å²) in [6, 6.07) is 12.5. The fraction of sp³-hybridized carbons (Fsp3) is 0.200. The van der Waals surface area contributed by atoms with Gasteiger partial charge >= 0.3 is 0 Å². The molecular weight excluding hydrogens is 844 g/mol. The number of aliphatic hydroxyl groups excluding tert-OH is 3. The van der Waals surface area contributed by atoms with E-state index in [9.17, 15) is 81.7 Å². The number of fused-ring (bicyclic) bond motifs is 3. The third-order valence-corrected chi connectivity index (χ3v) is 11.9. The molecule has 3 aliphatic heterocycles. The molecule has 19 heteroatoms. The smallest absolute Gasteiger partial charge is 0.200 e. The summed E-state index contributed by atoms with van der Waals surface area (Å²) >= 11 is 0. The Morgan fingerprint density at radius 3 is 1.39 bits per heavy atom. The van der Waals surface area contributed by atoms with E-state index < -0.39 is 140 Å². The van der Waals surface area contributed by atoms with Gasteiger partial charge in [0, 0.05) is 64.1 Å². The highest BCUT2D eigenvalue weighted by Gasteiger charge is 2.51. The van der Waals surface area contributed by atoms with Crippen molar-refractivity contribution in [1.29, 1.82) is 0 Å². The summed E-state index contributed by atoms with van der Waals surface area (Å²) in [6.45, 7) is 0. The Kier molecular flexibility index (Phi) is 9.58. The van der Waals surface area contributed by atoms with Gasteiger partial charge in [-0.05, 0) is 47.5 Å². The van der Waals surface area contributed by atoms with Crippen molar-refractivity contribution in [2.75, 3.05) is 0 Å². The predicted octanol–water partition coefficient (Wildman–Crippen LogP) is 4.15. The van der Waals surface area contributed by atoms with Crippen molar-refractivity contribution >= 4 is 0 Å². The van der Waals surface area contributed by atoms with Crippen molar-refractivity contribution in [3.05, 3.63) is 117 Å². The molecule has 6 aromatic carbocycles. The minimum absolute atomic E-state index is 0.0400. The molecule has 3 heterocycles. The Labute approximate surface area is 359 Å². The lowest BCUT2D eigenvalue weighted by Gasteiger charge is -2.43. The number of aliphatic hydroxyl groups is 3. The molecule has 19 nitrogen and oxygen atoms in total. The molecule has 6 aromatic rings. The number of aromatic hydroxyl groups is 13. The number of hydrogen-bond donors (Lipinski definition) is 16. The molecule has 0 spiro atoms. The fourth-order valence-electron chi connectivity index (χ4n) is 9.01. The number of phenols is 13. The van der Waals surface area contributed by atoms with Gasteiger partial charge in [-0.1, -0.05) is 12.1 Å². The number of benzene rings is 6. The minimum Gasteiger partial charge on any atom is -0.508 e. The molecule has 64 heavy (non-hydrogen) atoms. The van der Waals surface area contributed by atoms with Crippen LogP contribution in [0.5, 0.6) is 92.0 Å². The molecule has 0 saturated heterocycles. The topological polar surface area (TPSA) is 351 Å². The lowest BCUT2D eigenvalue weighted by molar-refractivity contribution is -0.00565. The third kappa shape index (κ3) is 6.40. The van der Waals surface area contributed by atoms with Gasteiger partial charge in [-0.2, -0.15) is 0 Å². The van der Waals surface area contributed by atoms with Crippen LogP contribution < -0.4 is 14.2 Å². The van der Waals surface area contributed by atoms with E-state index in [1.807, 2.05) is 0 Å². The van der Waals surface area contributed by atoms with Gasteiger partial charge < -0.3 is 95.9 Å². The average molecular weight is 883 g/mol. The summed E-state index contributed by atoms with van der Waals surface area (Å²) < 4.78 is 18.8. The second-order valence-corrected chi connectivity index (χ2v) is 15.8. The molecule has 0 radical (unpaired) electrons. The van der Waals surface area contributed by atoms with Crippen LogP contribution in [0.1, 0.15) is 74.7 Å². The maximum Gasteiger partial charge on any atom is 0.200 e. The molecule has 0 aromatic heterocycles. The van der Waals surface area contributed by atoms with Gasteiger partial charge in [0.1, 0.15) is 70.1 Å². The number of ether oxygens (including phenoxy) is 3. The van der Waals surface area contributed by atoms with Crippen LogP contribution in [0.4, 0.5) is 0 Å². The van der Waals surface area contributed by atoms with E-state index in [0.717, 1.165) is 60.7 Å². The zero-order valence-corrected chi connectivity index (χ0v) is 32.6. The van der Waals surface area contributed by atoms with E-state index in [2.05, 4.69) is 0 Å². The van der Waals surface area contributed by atoms with Gasteiger partial charge in [0.15, 0.2) is 52.5 Å². The van der Waals surface area contributed by atoms with Gasteiger partial charge in [-0.3, -0.25) is 0 Å². The van der Waals surface area contributed by atoms with Crippen LogP contribution in [-0.2, 0) is 6.42 Å². The largest absolute Gasteiger partial charge is 0.508 e. The van der Waals surface area contributed by atoms with Crippen LogP contribution in [0.2, 0.25) is 0 Å². The molecule has 0 amide bonds. The Bertz CT molecular complexity index is 2870. The zero-order chi connectivity index (χ0) is 45.8. The molecule has 0 saturated carbocycles. The molecule has 0 bridgehead atoms. The molecular formula is C45H38O19. The highest BCUT2D eigenvalue weighted by atomic mass is 16.5. The van der Waals surface area contributed by atoms with Crippen molar-refractivity contribution in [3.63, 3.8) is 0 Å². The number of hydrogen-bond acceptors (Lipinski definition) is 19. The predicted molar refractivity (Wildman–Crippen MR) is 216 cm³/mol. The Balaban J connectivity index is 1.31. The van der Waals surface area contributed by atoms with E-state index in [0.29, 0.717) is 0 Å². The van der Waals surface area contributed by atoms with Crippen LogP contribution in [0, 0.1) is 0 Å². The summed E-state index contributed by atoms with van der Waals surface area (Å²) in [7, 11) is 0. The molecule has 0 aliphatic carbocycles. The summed E-state index contributed by atoms with van der Waals surface area (Å²) in [4.78, 5) is 0. The van der Waals surface area contributed by atoms with Crippen LogP contribution in [-0.4, -0.2) is 100 Å². The zero-order valence-electron chi connectivity index (χ0n) is 32.6. The van der Waals surface area contributed by atoms with E-state index in [1.165, 1.54) is 12.1 Å². The van der Waals surface area contributed by atoms with Crippen molar-refractivity contribution < 1.29 is 95.9 Å². The summed E-state index contributed by atoms with van der Waals surface area (Å²) in [5.74, 6) is -13.5. The summed E-state index contributed by atoms with van der Waals surface area (Å²) in [5, 5.41) is 177. The van der Waals surface area contributed by atoms with E-state index in [4.69, 9.17) is 14.2 Å². The maximum atomic E-state index is 12.5. The first-order valence-electron chi connectivity index (χ1n) is 19.4. The lowest BCUT2D eigenvalue weighted by Crippen LogP contribution is -2.39. The van der Waals surface area contributed by atoms with E-state index >= 15 is 0 Å². The molecule has 3 aliphatic rings. The first-order chi connectivity index (χ1) is 30.3. The van der Waals surface area contributed by atoms with Crippen LogP contribution in [0.15, 0.2) is 72.8 Å². The highest BCUT2D eigenvalue weighted by Crippen LogP contribution is 2.62. The first kappa shape index (κ1) is 41.4. The Hall–Kier alpha value is -8.00. The SMILES string of the molecule is Oc1cc(O)c2c(c1)O[C@H](c1cc(O)c(O)c(O)c1)[C@@H](O)[C@@H]2c1c(O)cc(O)c2c1O[C@@H](c1ccc(O)c(O)c1)[C@H](O)[C@@H]2c1c(O)cc(O)c2c1O[C@@H](c1ccc(O)c(O)c1)[C@H](O)C2. The molecule has 332 valence electrons. The van der Waals surface area contributed by atoms with Gasteiger partial charge in [-0.15, -0.1) is 0 Å². The Morgan fingerprint density at radius 2 is 0.828 bits per heavy atom. The van der Waals surface area contributed by atoms with Gasteiger partial charge in [0.25, 0.3) is 0 Å². The third-order valence-electron chi connectivity index (χ3n) is 11.9. The van der Waals surface area contributed by atoms with Gasteiger partial charge in [-0.25, -0.2) is 0 Å². The van der Waals surface area contributed by atoms with Crippen molar-refractivity contribution in [3.8, 4) is 92.0 Å². The Morgan fingerprint density at radius 1 is 0.375 bits per heavy atom. The fourth-order valence-corrected chi connectivity index (χ4v) is 9.01. The van der Waals surface area contributed by atoms with Gasteiger partial charge in [0.2, 0.25) is 0 Å². The lowest BCUT2D eigenvalue weighted by atomic mass is 9.73. The molecule has 0 unspecified atom stereocenters. The standard InChI is InChI=1S/C45H38O19/c46-17-9-24(52)32-31(10-17)62-43(16-7-28(56)38(59)29(57)8-16)39(60)36(32)34-26(54)13-27(55)35-37(40(61)42(64-45(34)35)15-2-4-20(48)23(51)6-15)33-25(53)12-21(49)18-11-30(58)41(63-44(18)33)14-1-3-19(47)22(50)5-14/h1-10,12-13,30,36-37,39-43,46-61H,11H2/t30-,36+,37-,39+,40-,41+,42+,43-/m1/s1. The van der Waals surface area contributed by atoms with Crippen molar-refractivity contribution in [1.82, 2.24) is 0 Å². The maximum absolute atomic E-state index is 12.5. The number of phenolic OH excluding ortho intramolecular Hbond substituents is 13. The van der Waals surface area contributed by atoms with Crippen molar-refractivity contribution in [2.24, 2.45) is 0 Å². The molecule has 16 N–H and O–H groups in total. The molecule has 8 atom stereocenters. The van der Waals surface area contributed by atoms with Crippen LogP contribution in [0.3, 0.4) is 0 Å². The van der Waals surface area contributed by atoms with E-state index in [1.54, 1.807) is 0 Å². The number of rotatable bonds is 5. The quantitative estimate of drug-likeness (QED) is 0.108. The normalized spacial score (nSPS) is 23.4. The van der Waals surface area contributed by atoms with E-state index in [-0.39, 0.29) is 51.3 Å². The molecule has 9 rings (SSSR count). The van der Waals surface area contributed by atoms with Crippen LogP contribution >= 0.6 is 0 Å². The monoisotopic (exact) mass is 882 g/mol. The molecule has 0 fully saturated rings. The highest BCUT2D eigenvalue weighted by molar-refractivity contribution is 5.71. The minimum atomic E-state index is -1.96. The summed E-state index contributed by atoms with van der Waals surface area (Å²) in [6.07, 6.45) is -10.3. The second kappa shape index (κ2) is 14.8. The summed E-state index contributed by atoms with van der Waals surface area (Å²) in [5.41, 5.74) is -1.58. The van der Waals surface area contributed by atoms with Gasteiger partial charge in [0.05, 0.1) is 17.9 Å². The second-order valence-electron chi connectivity index (χ2n) is 15.8. The van der Waals surface area contributed by atoms with Crippen LogP contribution in [0.25, 0.3) is 0 Å². The van der Waals surface area contributed by atoms with Crippen molar-refractivity contribution in [2.45, 2.75) is 54.9 Å². The average Bonchev–Trinajstić information content (AvgIpc) is 3.23. The first-order valence-corrected chi connectivity index (χ1v) is 19.4.